The number of aromatic nitrogens is 1. The van der Waals surface area contributed by atoms with Gasteiger partial charge in [-0.1, -0.05) is 24.3 Å². The summed E-state index contributed by atoms with van der Waals surface area (Å²) in [6, 6.07) is 16.5. The van der Waals surface area contributed by atoms with E-state index < -0.39 is 0 Å². The Bertz CT molecular complexity index is 758. The van der Waals surface area contributed by atoms with Gasteiger partial charge in [0, 0.05) is 21.7 Å². The third kappa shape index (κ3) is 2.75. The molecule has 0 saturated carbocycles. The van der Waals surface area contributed by atoms with Crippen LogP contribution in [0.25, 0.3) is 10.9 Å². The fourth-order valence-corrected chi connectivity index (χ4v) is 2.86. The maximum absolute atomic E-state index is 13.7. The van der Waals surface area contributed by atoms with E-state index in [0.717, 1.165) is 21.7 Å². The summed E-state index contributed by atoms with van der Waals surface area (Å²) in [7, 11) is 0. The smallest absolute Gasteiger partial charge is 0.149 e. The molecule has 0 spiro atoms. The van der Waals surface area contributed by atoms with Crippen LogP contribution >= 0.6 is 11.8 Å². The molecule has 3 aromatic rings. The molecule has 100 valence electrons. The average molecular weight is 284 g/mol. The lowest BCUT2D eigenvalue weighted by molar-refractivity contribution is 0.636. The number of hydrogen-bond acceptors (Lipinski definition) is 3. The van der Waals surface area contributed by atoms with Crippen LogP contribution in [0.2, 0.25) is 0 Å². The summed E-state index contributed by atoms with van der Waals surface area (Å²) in [6.45, 7) is 0. The number of hydrogen-bond donors (Lipinski definition) is 1. The number of para-hydroxylation sites is 1. The van der Waals surface area contributed by atoms with Gasteiger partial charge in [-0.25, -0.2) is 9.37 Å². The maximum atomic E-state index is 13.7. The molecule has 0 amide bonds. The average Bonchev–Trinajstić information content (AvgIpc) is 2.46. The standard InChI is InChI=1S/C16H13FN2S/c17-15-6-1-3-11-7-8-13(19-16(11)15)10-20-14-5-2-4-12(18)9-14/h1-9H,10,18H2. The number of nitrogen functional groups attached to an aromatic ring is 1. The van der Waals surface area contributed by atoms with Crippen LogP contribution in [-0.2, 0) is 5.75 Å². The van der Waals surface area contributed by atoms with Gasteiger partial charge in [0.1, 0.15) is 11.3 Å². The quantitative estimate of drug-likeness (QED) is 0.577. The van der Waals surface area contributed by atoms with Crippen molar-refractivity contribution >= 4 is 28.4 Å². The Kier molecular flexibility index (Phi) is 3.56. The number of anilines is 1. The first-order valence-corrected chi connectivity index (χ1v) is 7.23. The van der Waals surface area contributed by atoms with Crippen LogP contribution in [0, 0.1) is 5.82 Å². The zero-order valence-corrected chi connectivity index (χ0v) is 11.5. The van der Waals surface area contributed by atoms with Crippen molar-refractivity contribution in [3.8, 4) is 0 Å². The topological polar surface area (TPSA) is 38.9 Å². The molecule has 2 aromatic carbocycles. The Hall–Kier alpha value is -2.07. The molecular formula is C16H13FN2S. The van der Waals surface area contributed by atoms with E-state index in [1.54, 1.807) is 17.8 Å². The molecule has 2 N–H and O–H groups in total. The monoisotopic (exact) mass is 284 g/mol. The fraction of sp³-hybridized carbons (Fsp3) is 0.0625. The van der Waals surface area contributed by atoms with E-state index in [-0.39, 0.29) is 5.82 Å². The van der Waals surface area contributed by atoms with E-state index in [1.165, 1.54) is 6.07 Å². The van der Waals surface area contributed by atoms with Crippen molar-refractivity contribution in [3.05, 3.63) is 66.1 Å². The lowest BCUT2D eigenvalue weighted by Crippen LogP contribution is -1.91. The van der Waals surface area contributed by atoms with Crippen molar-refractivity contribution < 1.29 is 4.39 Å². The van der Waals surface area contributed by atoms with Crippen molar-refractivity contribution in [1.29, 1.82) is 0 Å². The number of fused-ring (bicyclic) bond motifs is 1. The molecule has 0 unspecified atom stereocenters. The number of nitrogens with zero attached hydrogens (tertiary/aromatic N) is 1. The second kappa shape index (κ2) is 5.51. The SMILES string of the molecule is Nc1cccc(SCc2ccc3cccc(F)c3n2)c1. The number of benzene rings is 2. The highest BCUT2D eigenvalue weighted by Crippen LogP contribution is 2.25. The predicted molar refractivity (Wildman–Crippen MR) is 82.1 cm³/mol. The second-order valence-electron chi connectivity index (χ2n) is 4.48. The molecule has 0 aliphatic rings. The molecule has 0 fully saturated rings. The Labute approximate surface area is 120 Å². The van der Waals surface area contributed by atoms with Gasteiger partial charge in [-0.15, -0.1) is 11.8 Å². The molecule has 0 radical (unpaired) electrons. The molecular weight excluding hydrogens is 271 g/mol. The van der Waals surface area contributed by atoms with Gasteiger partial charge in [-0.05, 0) is 30.3 Å². The molecule has 0 aliphatic heterocycles. The van der Waals surface area contributed by atoms with Crippen LogP contribution in [0.4, 0.5) is 10.1 Å². The van der Waals surface area contributed by atoms with Gasteiger partial charge in [-0.2, -0.15) is 0 Å². The Morgan fingerprint density at radius 2 is 1.90 bits per heavy atom. The molecule has 20 heavy (non-hydrogen) atoms. The first kappa shape index (κ1) is 12.9. The molecule has 0 atom stereocenters. The molecule has 3 rings (SSSR count). The van der Waals surface area contributed by atoms with E-state index in [2.05, 4.69) is 4.98 Å². The van der Waals surface area contributed by atoms with Gasteiger partial charge in [0.05, 0.1) is 5.69 Å². The summed E-state index contributed by atoms with van der Waals surface area (Å²) in [4.78, 5) is 5.47. The van der Waals surface area contributed by atoms with E-state index in [9.17, 15) is 4.39 Å². The molecule has 4 heteroatoms. The van der Waals surface area contributed by atoms with Gasteiger partial charge in [0.2, 0.25) is 0 Å². The summed E-state index contributed by atoms with van der Waals surface area (Å²) >= 11 is 1.64. The predicted octanol–water partition coefficient (Wildman–Crippen LogP) is 4.25. The third-order valence-corrected chi connectivity index (χ3v) is 4.00. The van der Waals surface area contributed by atoms with Gasteiger partial charge in [0.25, 0.3) is 0 Å². The Balaban J connectivity index is 1.83. The van der Waals surface area contributed by atoms with Crippen LogP contribution in [0.3, 0.4) is 0 Å². The van der Waals surface area contributed by atoms with E-state index in [4.69, 9.17) is 5.73 Å². The number of halogens is 1. The fourth-order valence-electron chi connectivity index (χ4n) is 1.99. The third-order valence-electron chi connectivity index (χ3n) is 2.97. The highest BCUT2D eigenvalue weighted by molar-refractivity contribution is 7.98. The molecule has 0 aliphatic carbocycles. The zero-order valence-electron chi connectivity index (χ0n) is 10.7. The number of nitrogens with two attached hydrogens (primary N) is 1. The van der Waals surface area contributed by atoms with Crippen LogP contribution in [0.15, 0.2) is 59.5 Å². The number of rotatable bonds is 3. The summed E-state index contributed by atoms with van der Waals surface area (Å²) in [6.07, 6.45) is 0. The van der Waals surface area contributed by atoms with Crippen LogP contribution < -0.4 is 5.73 Å². The summed E-state index contributed by atoms with van der Waals surface area (Å²) in [5.41, 5.74) is 7.77. The Morgan fingerprint density at radius 1 is 1.05 bits per heavy atom. The minimum Gasteiger partial charge on any atom is -0.399 e. The van der Waals surface area contributed by atoms with Gasteiger partial charge < -0.3 is 5.73 Å². The van der Waals surface area contributed by atoms with E-state index >= 15 is 0 Å². The highest BCUT2D eigenvalue weighted by atomic mass is 32.2. The summed E-state index contributed by atoms with van der Waals surface area (Å²) < 4.78 is 13.7. The summed E-state index contributed by atoms with van der Waals surface area (Å²) in [5, 5.41) is 0.822. The van der Waals surface area contributed by atoms with Crippen molar-refractivity contribution in [3.63, 3.8) is 0 Å². The lowest BCUT2D eigenvalue weighted by atomic mass is 10.2. The van der Waals surface area contributed by atoms with Crippen molar-refractivity contribution in [2.45, 2.75) is 10.6 Å². The maximum Gasteiger partial charge on any atom is 0.149 e. The van der Waals surface area contributed by atoms with Gasteiger partial charge in [0.15, 0.2) is 0 Å². The molecule has 2 nitrogen and oxygen atoms in total. The first-order chi connectivity index (χ1) is 9.72. The Morgan fingerprint density at radius 3 is 2.75 bits per heavy atom. The molecule has 0 saturated heterocycles. The van der Waals surface area contributed by atoms with Gasteiger partial charge >= 0.3 is 0 Å². The largest absolute Gasteiger partial charge is 0.399 e. The number of pyridine rings is 1. The normalized spacial score (nSPS) is 10.8. The highest BCUT2D eigenvalue weighted by Gasteiger charge is 2.04. The molecule has 0 bridgehead atoms. The van der Waals surface area contributed by atoms with Crippen LogP contribution in [-0.4, -0.2) is 4.98 Å². The van der Waals surface area contributed by atoms with Crippen molar-refractivity contribution in [2.24, 2.45) is 0 Å². The van der Waals surface area contributed by atoms with Crippen molar-refractivity contribution in [1.82, 2.24) is 4.98 Å². The van der Waals surface area contributed by atoms with E-state index in [1.807, 2.05) is 42.5 Å². The number of thioether (sulfide) groups is 1. The lowest BCUT2D eigenvalue weighted by Gasteiger charge is -2.04. The van der Waals surface area contributed by atoms with Gasteiger partial charge in [-0.3, -0.25) is 0 Å². The van der Waals surface area contributed by atoms with Crippen molar-refractivity contribution in [2.75, 3.05) is 5.73 Å². The van der Waals surface area contributed by atoms with E-state index in [0.29, 0.717) is 11.3 Å². The zero-order chi connectivity index (χ0) is 13.9. The molecule has 1 aromatic heterocycles. The second-order valence-corrected chi connectivity index (χ2v) is 5.52. The first-order valence-electron chi connectivity index (χ1n) is 6.25. The minimum atomic E-state index is -0.279. The molecule has 1 heterocycles. The minimum absolute atomic E-state index is 0.279. The summed E-state index contributed by atoms with van der Waals surface area (Å²) in [5.74, 6) is 0.409. The van der Waals surface area contributed by atoms with Crippen LogP contribution in [0.5, 0.6) is 0 Å². The van der Waals surface area contributed by atoms with Crippen LogP contribution in [0.1, 0.15) is 5.69 Å².